The molecule has 1 aliphatic heterocycles. The first-order valence-electron chi connectivity index (χ1n) is 11.1. The molecule has 0 aliphatic carbocycles. The molecule has 196 valence electrons. The second-order valence-electron chi connectivity index (χ2n) is 8.40. The van der Waals surface area contributed by atoms with Crippen molar-refractivity contribution in [1.29, 1.82) is 0 Å². The molecule has 9 N–H and O–H groups in total. The van der Waals surface area contributed by atoms with Crippen molar-refractivity contribution in [3.63, 3.8) is 0 Å². The Morgan fingerprint density at radius 2 is 1.58 bits per heavy atom. The number of nitrogens with zero attached hydrogens (tertiary/aromatic N) is 1. The van der Waals surface area contributed by atoms with Gasteiger partial charge in [-0.15, -0.1) is 0 Å². The summed E-state index contributed by atoms with van der Waals surface area (Å²) in [6.07, 6.45) is -0.919. The summed E-state index contributed by atoms with van der Waals surface area (Å²) < 4.78 is 0. The summed E-state index contributed by atoms with van der Waals surface area (Å²) in [5, 5.41) is 32.3. The lowest BCUT2D eigenvalue weighted by molar-refractivity contribution is -0.150. The topological polar surface area (TPSA) is 242 Å². The maximum atomic E-state index is 12.9. The Morgan fingerprint density at radius 3 is 2.14 bits per heavy atom. The predicted molar refractivity (Wildman–Crippen MR) is 122 cm³/mol. The first kappa shape index (κ1) is 28.0. The van der Waals surface area contributed by atoms with E-state index < -0.39 is 72.6 Å². The molecule has 1 aliphatic rings. The highest BCUT2D eigenvalue weighted by molar-refractivity contribution is 5.97. The van der Waals surface area contributed by atoms with Crippen LogP contribution in [0.3, 0.4) is 0 Å². The number of primary amides is 1. The van der Waals surface area contributed by atoms with Crippen LogP contribution < -0.4 is 22.1 Å². The van der Waals surface area contributed by atoms with Crippen molar-refractivity contribution in [2.45, 2.75) is 56.3 Å². The molecule has 4 unspecified atom stereocenters. The molecule has 0 spiro atoms. The third-order valence-electron chi connectivity index (χ3n) is 5.58. The summed E-state index contributed by atoms with van der Waals surface area (Å²) in [7, 11) is 0. The van der Waals surface area contributed by atoms with Crippen LogP contribution in [0.25, 0.3) is 0 Å². The van der Waals surface area contributed by atoms with E-state index in [1.807, 2.05) is 0 Å². The fourth-order valence-corrected chi connectivity index (χ4v) is 3.80. The Bertz CT molecular complexity index is 1010. The Morgan fingerprint density at radius 1 is 0.972 bits per heavy atom. The van der Waals surface area contributed by atoms with E-state index in [1.54, 1.807) is 0 Å². The monoisotopic (exact) mass is 507 g/mol. The average Bonchev–Trinajstić information content (AvgIpc) is 3.28. The van der Waals surface area contributed by atoms with Crippen LogP contribution in [-0.2, 0) is 35.2 Å². The van der Waals surface area contributed by atoms with E-state index in [4.69, 9.17) is 11.5 Å². The first-order valence-corrected chi connectivity index (χ1v) is 11.1. The number of benzene rings is 1. The Labute approximate surface area is 205 Å². The number of nitrogens with two attached hydrogens (primary N) is 2. The zero-order chi connectivity index (χ0) is 27.0. The van der Waals surface area contributed by atoms with Gasteiger partial charge in [0.25, 0.3) is 0 Å². The molecule has 4 amide bonds. The number of amides is 4. The number of carbonyl (C=O) groups excluding carboxylic acids is 4. The van der Waals surface area contributed by atoms with E-state index in [-0.39, 0.29) is 25.1 Å². The summed E-state index contributed by atoms with van der Waals surface area (Å²) in [5.41, 5.74) is 11.7. The molecule has 0 bridgehead atoms. The molecule has 1 fully saturated rings. The fraction of sp³-hybridized carbons (Fsp3) is 0.455. The van der Waals surface area contributed by atoms with Gasteiger partial charge in [0.1, 0.15) is 23.9 Å². The van der Waals surface area contributed by atoms with E-state index in [9.17, 15) is 44.1 Å². The molecule has 14 heteroatoms. The van der Waals surface area contributed by atoms with Crippen LogP contribution in [0.2, 0.25) is 0 Å². The number of phenolic OH excluding ortho intramolecular Hbond substituents is 1. The van der Waals surface area contributed by atoms with Crippen LogP contribution in [-0.4, -0.2) is 86.5 Å². The Kier molecular flexibility index (Phi) is 9.73. The summed E-state index contributed by atoms with van der Waals surface area (Å²) in [6.45, 7) is 0.0857. The third kappa shape index (κ3) is 7.94. The van der Waals surface area contributed by atoms with Crippen molar-refractivity contribution < 1.29 is 44.1 Å². The van der Waals surface area contributed by atoms with Crippen LogP contribution in [0, 0.1) is 0 Å². The van der Waals surface area contributed by atoms with Gasteiger partial charge in [-0.05, 0) is 37.0 Å². The molecule has 1 saturated heterocycles. The Hall–Kier alpha value is -4.20. The highest BCUT2D eigenvalue weighted by Gasteiger charge is 2.39. The van der Waals surface area contributed by atoms with Crippen molar-refractivity contribution in [3.8, 4) is 5.75 Å². The van der Waals surface area contributed by atoms with Gasteiger partial charge in [0.15, 0.2) is 0 Å². The molecule has 1 aromatic carbocycles. The lowest BCUT2D eigenvalue weighted by Gasteiger charge is -2.28. The second-order valence-corrected chi connectivity index (χ2v) is 8.40. The van der Waals surface area contributed by atoms with Crippen molar-refractivity contribution in [2.75, 3.05) is 6.54 Å². The molecule has 1 aromatic rings. The summed E-state index contributed by atoms with van der Waals surface area (Å²) in [5.74, 6) is -6.44. The number of carboxylic acids is 2. The number of carbonyl (C=O) groups is 6. The maximum absolute atomic E-state index is 12.9. The number of phenols is 1. The molecule has 36 heavy (non-hydrogen) atoms. The minimum Gasteiger partial charge on any atom is -0.508 e. The van der Waals surface area contributed by atoms with Gasteiger partial charge < -0.3 is 42.3 Å². The highest BCUT2D eigenvalue weighted by Crippen LogP contribution is 2.19. The van der Waals surface area contributed by atoms with E-state index >= 15 is 0 Å². The van der Waals surface area contributed by atoms with E-state index in [2.05, 4.69) is 10.6 Å². The average molecular weight is 508 g/mol. The van der Waals surface area contributed by atoms with Gasteiger partial charge in [0, 0.05) is 6.54 Å². The minimum absolute atomic E-state index is 0.0126. The predicted octanol–water partition coefficient (Wildman–Crippen LogP) is -2.34. The van der Waals surface area contributed by atoms with Gasteiger partial charge in [-0.3, -0.25) is 24.0 Å². The highest BCUT2D eigenvalue weighted by atomic mass is 16.4. The van der Waals surface area contributed by atoms with Crippen LogP contribution in [0.1, 0.15) is 31.2 Å². The molecule has 4 atom stereocenters. The molecular weight excluding hydrogens is 478 g/mol. The van der Waals surface area contributed by atoms with Gasteiger partial charge in [0.2, 0.25) is 23.6 Å². The molecule has 0 aromatic heterocycles. The summed E-state index contributed by atoms with van der Waals surface area (Å²) in [6, 6.07) is 0.323. The standard InChI is InChI=1S/C22H29N5O9/c23-13(8-11-3-5-12(28)6-4-11)19(32)25-14(10-18(30)31)20(33)26-15(9-17(24)29)21(34)27-7-1-2-16(27)22(35)36/h3-6,13-16,28H,1-2,7-10,23H2,(H2,24,29)(H,25,32)(H,26,33)(H,30,31)(H,35,36). The van der Waals surface area contributed by atoms with Crippen LogP contribution >= 0.6 is 0 Å². The number of likely N-dealkylation sites (tertiary alicyclic amines) is 1. The number of nitrogens with one attached hydrogen (secondary N) is 2. The van der Waals surface area contributed by atoms with Crippen molar-refractivity contribution in [2.24, 2.45) is 11.5 Å². The summed E-state index contributed by atoms with van der Waals surface area (Å²) in [4.78, 5) is 73.6. The molecule has 2 rings (SSSR count). The van der Waals surface area contributed by atoms with Gasteiger partial charge >= 0.3 is 11.9 Å². The maximum Gasteiger partial charge on any atom is 0.326 e. The van der Waals surface area contributed by atoms with E-state index in [0.29, 0.717) is 12.0 Å². The summed E-state index contributed by atoms with van der Waals surface area (Å²) >= 11 is 0. The Balaban J connectivity index is 2.13. The van der Waals surface area contributed by atoms with Gasteiger partial charge in [-0.2, -0.15) is 0 Å². The van der Waals surface area contributed by atoms with Gasteiger partial charge in [-0.25, -0.2) is 4.79 Å². The zero-order valence-electron chi connectivity index (χ0n) is 19.3. The number of aromatic hydroxyl groups is 1. The molecule has 1 heterocycles. The van der Waals surface area contributed by atoms with Crippen molar-refractivity contribution in [1.82, 2.24) is 15.5 Å². The zero-order valence-corrected chi connectivity index (χ0v) is 19.3. The smallest absolute Gasteiger partial charge is 0.326 e. The number of aliphatic carboxylic acids is 2. The number of rotatable bonds is 12. The second kappa shape index (κ2) is 12.5. The van der Waals surface area contributed by atoms with Crippen LogP contribution in [0.5, 0.6) is 5.75 Å². The number of hydrogen-bond acceptors (Lipinski definition) is 8. The van der Waals surface area contributed by atoms with E-state index in [1.165, 1.54) is 24.3 Å². The molecular formula is C22H29N5O9. The van der Waals surface area contributed by atoms with Gasteiger partial charge in [0.05, 0.1) is 18.9 Å². The van der Waals surface area contributed by atoms with E-state index in [0.717, 1.165) is 4.90 Å². The van der Waals surface area contributed by atoms with Crippen molar-refractivity contribution >= 4 is 35.6 Å². The molecule has 0 radical (unpaired) electrons. The lowest BCUT2D eigenvalue weighted by atomic mass is 10.0. The lowest BCUT2D eigenvalue weighted by Crippen LogP contribution is -2.58. The molecule has 0 saturated carbocycles. The number of carboxylic acid groups (broad SMARTS) is 2. The third-order valence-corrected chi connectivity index (χ3v) is 5.58. The largest absolute Gasteiger partial charge is 0.508 e. The quantitative estimate of drug-likeness (QED) is 0.159. The molecule has 14 nitrogen and oxygen atoms in total. The minimum atomic E-state index is -1.65. The van der Waals surface area contributed by atoms with Gasteiger partial charge in [-0.1, -0.05) is 12.1 Å². The fourth-order valence-electron chi connectivity index (χ4n) is 3.80. The first-order chi connectivity index (χ1) is 16.9. The normalized spacial score (nSPS) is 17.5. The van der Waals surface area contributed by atoms with Crippen molar-refractivity contribution in [3.05, 3.63) is 29.8 Å². The number of hydrogen-bond donors (Lipinski definition) is 7. The van der Waals surface area contributed by atoms with Crippen LogP contribution in [0.15, 0.2) is 24.3 Å². The SMILES string of the molecule is NC(=O)CC(NC(=O)C(CC(=O)O)NC(=O)C(N)Cc1ccc(O)cc1)C(=O)N1CCCC1C(=O)O. The van der Waals surface area contributed by atoms with Crippen LogP contribution in [0.4, 0.5) is 0 Å².